The van der Waals surface area contributed by atoms with E-state index in [2.05, 4.69) is 0 Å². The minimum atomic E-state index is -0.374. The SMILES string of the molecule is CC(C)(c1ccc(O)c(Cl)c1)c1ccc(OC=O)c(Cl)c1. The van der Waals surface area contributed by atoms with Gasteiger partial charge in [-0.3, -0.25) is 4.79 Å². The summed E-state index contributed by atoms with van der Waals surface area (Å²) in [5, 5.41) is 10.2. The Labute approximate surface area is 133 Å². The van der Waals surface area contributed by atoms with Gasteiger partial charge in [-0.05, 0) is 35.4 Å². The van der Waals surface area contributed by atoms with Gasteiger partial charge in [0.2, 0.25) is 0 Å². The molecule has 0 radical (unpaired) electrons. The first-order chi connectivity index (χ1) is 9.86. The molecule has 2 aromatic carbocycles. The van der Waals surface area contributed by atoms with E-state index in [0.717, 1.165) is 11.1 Å². The van der Waals surface area contributed by atoms with Crippen LogP contribution in [0.3, 0.4) is 0 Å². The normalized spacial score (nSPS) is 11.2. The summed E-state index contributed by atoms with van der Waals surface area (Å²) in [7, 11) is 0. The Bertz CT molecular complexity index is 681. The minimum Gasteiger partial charge on any atom is -0.506 e. The Morgan fingerprint density at radius 3 is 2.14 bits per heavy atom. The van der Waals surface area contributed by atoms with Crippen LogP contribution in [0.25, 0.3) is 0 Å². The number of halogens is 2. The monoisotopic (exact) mass is 324 g/mol. The van der Waals surface area contributed by atoms with Crippen molar-refractivity contribution in [1.82, 2.24) is 0 Å². The van der Waals surface area contributed by atoms with Gasteiger partial charge in [0.05, 0.1) is 10.0 Å². The Kier molecular flexibility index (Phi) is 4.45. The van der Waals surface area contributed by atoms with E-state index in [9.17, 15) is 9.90 Å². The fraction of sp³-hybridized carbons (Fsp3) is 0.188. The molecule has 0 aliphatic carbocycles. The van der Waals surface area contributed by atoms with Gasteiger partial charge in [-0.1, -0.05) is 49.2 Å². The van der Waals surface area contributed by atoms with Crippen LogP contribution in [0, 0.1) is 0 Å². The van der Waals surface area contributed by atoms with E-state index < -0.39 is 0 Å². The van der Waals surface area contributed by atoms with E-state index in [1.807, 2.05) is 26.0 Å². The van der Waals surface area contributed by atoms with Crippen molar-refractivity contribution in [2.24, 2.45) is 0 Å². The molecular weight excluding hydrogens is 311 g/mol. The average Bonchev–Trinajstić information content (AvgIpc) is 2.44. The third-order valence-electron chi connectivity index (χ3n) is 3.50. The number of aromatic hydroxyl groups is 1. The summed E-state index contributed by atoms with van der Waals surface area (Å²) in [5.41, 5.74) is 1.50. The highest BCUT2D eigenvalue weighted by molar-refractivity contribution is 6.32. The molecule has 0 unspecified atom stereocenters. The van der Waals surface area contributed by atoms with Crippen molar-refractivity contribution in [3.05, 3.63) is 57.6 Å². The van der Waals surface area contributed by atoms with Crippen LogP contribution in [0.1, 0.15) is 25.0 Å². The highest BCUT2D eigenvalue weighted by Crippen LogP contribution is 2.38. The fourth-order valence-corrected chi connectivity index (χ4v) is 2.50. The summed E-state index contributed by atoms with van der Waals surface area (Å²) in [6.45, 7) is 4.37. The average molecular weight is 325 g/mol. The standard InChI is InChI=1S/C16H14Cl2O3/c1-16(2,10-3-5-14(20)12(17)7-10)11-4-6-15(21-9-19)13(18)8-11/h3-9,20H,1-2H3. The maximum absolute atomic E-state index is 10.4. The molecule has 5 heteroatoms. The van der Waals surface area contributed by atoms with Crippen molar-refractivity contribution < 1.29 is 14.6 Å². The molecular formula is C16H14Cl2O3. The van der Waals surface area contributed by atoms with Crippen molar-refractivity contribution in [1.29, 1.82) is 0 Å². The number of carbonyl (C=O) groups excluding carboxylic acids is 1. The predicted molar refractivity (Wildman–Crippen MR) is 83.4 cm³/mol. The number of hydrogen-bond donors (Lipinski definition) is 1. The smallest absolute Gasteiger partial charge is 0.298 e. The molecule has 0 heterocycles. The summed E-state index contributed by atoms with van der Waals surface area (Å²) in [6, 6.07) is 10.3. The van der Waals surface area contributed by atoms with Crippen LogP contribution in [0.4, 0.5) is 0 Å². The summed E-state index contributed by atoms with van der Waals surface area (Å²) in [6.07, 6.45) is 0. The van der Waals surface area contributed by atoms with Crippen LogP contribution in [0.15, 0.2) is 36.4 Å². The lowest BCUT2D eigenvalue weighted by atomic mass is 9.78. The molecule has 0 aliphatic heterocycles. The van der Waals surface area contributed by atoms with Crippen LogP contribution in [-0.4, -0.2) is 11.6 Å². The Morgan fingerprint density at radius 1 is 1.05 bits per heavy atom. The molecule has 0 aliphatic rings. The second-order valence-electron chi connectivity index (χ2n) is 5.15. The summed E-state index contributed by atoms with van der Waals surface area (Å²) in [4.78, 5) is 10.4. The Balaban J connectivity index is 2.45. The zero-order chi connectivity index (χ0) is 15.6. The van der Waals surface area contributed by atoms with Crippen molar-refractivity contribution in [2.45, 2.75) is 19.3 Å². The van der Waals surface area contributed by atoms with Crippen LogP contribution in [0.5, 0.6) is 11.5 Å². The van der Waals surface area contributed by atoms with Gasteiger partial charge in [0.1, 0.15) is 11.5 Å². The van der Waals surface area contributed by atoms with E-state index in [1.165, 1.54) is 0 Å². The number of benzene rings is 2. The lowest BCUT2D eigenvalue weighted by molar-refractivity contribution is -0.120. The first kappa shape index (κ1) is 15.7. The maximum Gasteiger partial charge on any atom is 0.298 e. The van der Waals surface area contributed by atoms with Gasteiger partial charge in [-0.25, -0.2) is 0 Å². The Hall–Kier alpha value is -1.71. The maximum atomic E-state index is 10.4. The number of carbonyl (C=O) groups is 1. The molecule has 0 spiro atoms. The van der Waals surface area contributed by atoms with Gasteiger partial charge in [0.15, 0.2) is 0 Å². The molecule has 2 rings (SSSR count). The van der Waals surface area contributed by atoms with Crippen molar-refractivity contribution in [3.8, 4) is 11.5 Å². The largest absolute Gasteiger partial charge is 0.506 e. The number of hydrogen-bond acceptors (Lipinski definition) is 3. The van der Waals surface area contributed by atoms with Crippen LogP contribution < -0.4 is 4.74 Å². The zero-order valence-corrected chi connectivity index (χ0v) is 13.1. The molecule has 0 saturated heterocycles. The highest BCUT2D eigenvalue weighted by atomic mass is 35.5. The van der Waals surface area contributed by atoms with Gasteiger partial charge in [0.25, 0.3) is 6.47 Å². The van der Waals surface area contributed by atoms with Gasteiger partial charge < -0.3 is 9.84 Å². The number of phenols is 1. The zero-order valence-electron chi connectivity index (χ0n) is 11.6. The highest BCUT2D eigenvalue weighted by Gasteiger charge is 2.25. The van der Waals surface area contributed by atoms with Gasteiger partial charge in [0, 0.05) is 5.41 Å². The summed E-state index contributed by atoms with van der Waals surface area (Å²) >= 11 is 12.1. The molecule has 2 aromatic rings. The van der Waals surface area contributed by atoms with Gasteiger partial charge in [-0.15, -0.1) is 0 Å². The first-order valence-corrected chi connectivity index (χ1v) is 7.01. The third kappa shape index (κ3) is 3.14. The number of rotatable bonds is 4. The molecule has 0 saturated carbocycles. The molecule has 21 heavy (non-hydrogen) atoms. The topological polar surface area (TPSA) is 46.5 Å². The molecule has 0 atom stereocenters. The molecule has 0 bridgehead atoms. The van der Waals surface area contributed by atoms with Crippen molar-refractivity contribution >= 4 is 29.7 Å². The lowest BCUT2D eigenvalue weighted by Gasteiger charge is -2.27. The van der Waals surface area contributed by atoms with Crippen molar-refractivity contribution in [3.63, 3.8) is 0 Å². The second kappa shape index (κ2) is 5.96. The van der Waals surface area contributed by atoms with E-state index in [-0.39, 0.29) is 11.2 Å². The van der Waals surface area contributed by atoms with Gasteiger partial charge >= 0.3 is 0 Å². The van der Waals surface area contributed by atoms with E-state index >= 15 is 0 Å². The lowest BCUT2D eigenvalue weighted by Crippen LogP contribution is -2.18. The van der Waals surface area contributed by atoms with Gasteiger partial charge in [-0.2, -0.15) is 0 Å². The number of phenolic OH excluding ortho intramolecular Hbond substituents is 1. The predicted octanol–water partition coefficient (Wildman–Crippen LogP) is 4.56. The first-order valence-electron chi connectivity index (χ1n) is 6.25. The molecule has 0 aromatic heterocycles. The second-order valence-corrected chi connectivity index (χ2v) is 5.96. The van der Waals surface area contributed by atoms with E-state index in [1.54, 1.807) is 24.3 Å². The fourth-order valence-electron chi connectivity index (χ4n) is 2.10. The molecule has 1 N–H and O–H groups in total. The third-order valence-corrected chi connectivity index (χ3v) is 4.10. The summed E-state index contributed by atoms with van der Waals surface area (Å²) in [5.74, 6) is 0.360. The molecule has 0 amide bonds. The number of ether oxygens (including phenoxy) is 1. The molecule has 110 valence electrons. The molecule has 0 fully saturated rings. The quantitative estimate of drug-likeness (QED) is 0.838. The van der Waals surface area contributed by atoms with E-state index in [4.69, 9.17) is 27.9 Å². The minimum absolute atomic E-state index is 0.0454. The van der Waals surface area contributed by atoms with Crippen LogP contribution in [-0.2, 0) is 10.2 Å². The van der Waals surface area contributed by atoms with Crippen LogP contribution >= 0.6 is 23.2 Å². The Morgan fingerprint density at radius 2 is 1.62 bits per heavy atom. The van der Waals surface area contributed by atoms with Crippen molar-refractivity contribution in [2.75, 3.05) is 0 Å². The van der Waals surface area contributed by atoms with Crippen LogP contribution in [0.2, 0.25) is 10.0 Å². The molecule has 3 nitrogen and oxygen atoms in total. The van der Waals surface area contributed by atoms with E-state index in [0.29, 0.717) is 22.3 Å². The summed E-state index contributed by atoms with van der Waals surface area (Å²) < 4.78 is 4.78.